The zero-order valence-corrected chi connectivity index (χ0v) is 17.6. The van der Waals surface area contributed by atoms with Crippen LogP contribution in [0.2, 0.25) is 0 Å². The van der Waals surface area contributed by atoms with Gasteiger partial charge in [0.15, 0.2) is 11.5 Å². The Morgan fingerprint density at radius 1 is 1.07 bits per heavy atom. The highest BCUT2D eigenvalue weighted by Crippen LogP contribution is 2.34. The molecule has 29 heavy (non-hydrogen) atoms. The number of rotatable bonds is 5. The van der Waals surface area contributed by atoms with Crippen molar-refractivity contribution in [3.05, 3.63) is 47.5 Å². The van der Waals surface area contributed by atoms with E-state index in [2.05, 4.69) is 13.8 Å². The Kier molecular flexibility index (Phi) is 4.96. The maximum absolute atomic E-state index is 13.0. The van der Waals surface area contributed by atoms with Gasteiger partial charge in [-0.2, -0.15) is 13.8 Å². The van der Waals surface area contributed by atoms with Crippen LogP contribution in [0.25, 0.3) is 11.0 Å². The van der Waals surface area contributed by atoms with E-state index in [-0.39, 0.29) is 12.3 Å². The largest absolute Gasteiger partial charge is 0.493 e. The molecule has 0 fully saturated rings. The monoisotopic (exact) mass is 410 g/mol. The molecule has 0 radical (unpaired) electrons. The Labute approximate surface area is 173 Å². The third-order valence-corrected chi connectivity index (χ3v) is 5.58. The van der Waals surface area contributed by atoms with Crippen LogP contribution in [0.1, 0.15) is 31.4 Å². The molecule has 0 bridgehead atoms. The second-order valence-electron chi connectivity index (χ2n) is 7.58. The van der Waals surface area contributed by atoms with Gasteiger partial charge >= 0.3 is 0 Å². The first-order valence-corrected chi connectivity index (χ1v) is 9.98. The van der Waals surface area contributed by atoms with E-state index in [4.69, 9.17) is 9.47 Å². The Balaban J connectivity index is 1.59. The molecular weight excluding hydrogens is 388 g/mol. The third kappa shape index (κ3) is 3.67. The molecule has 0 saturated carbocycles. The first-order valence-electron chi connectivity index (χ1n) is 9.25. The van der Waals surface area contributed by atoms with Gasteiger partial charge in [-0.15, -0.1) is 0 Å². The Hall–Kier alpha value is -3.00. The van der Waals surface area contributed by atoms with Gasteiger partial charge in [0.2, 0.25) is 5.91 Å². The van der Waals surface area contributed by atoms with Crippen LogP contribution in [-0.4, -0.2) is 45.1 Å². The summed E-state index contributed by atoms with van der Waals surface area (Å²) in [4.78, 5) is 13.0. The Morgan fingerprint density at radius 2 is 1.83 bits per heavy atom. The molecule has 1 aliphatic heterocycles. The number of hydrazone groups is 1. The molecule has 7 nitrogen and oxygen atoms in total. The number of amides is 1. The lowest BCUT2D eigenvalue weighted by molar-refractivity contribution is -0.134. The number of aromatic nitrogens is 2. The van der Waals surface area contributed by atoms with Crippen LogP contribution in [0.3, 0.4) is 0 Å². The predicted octanol–water partition coefficient (Wildman–Crippen LogP) is 3.67. The highest BCUT2D eigenvalue weighted by atomic mass is 32.1. The molecule has 0 saturated heterocycles. The number of fused-ring (bicyclic) bond motifs is 1. The molecule has 1 aliphatic rings. The van der Waals surface area contributed by atoms with Gasteiger partial charge in [-0.1, -0.05) is 6.07 Å². The van der Waals surface area contributed by atoms with Crippen LogP contribution in [0, 0.1) is 0 Å². The zero-order valence-electron chi connectivity index (χ0n) is 16.8. The summed E-state index contributed by atoms with van der Waals surface area (Å²) in [6.07, 6.45) is 0.920. The molecule has 0 N–H and O–H groups in total. The number of benzene rings is 2. The van der Waals surface area contributed by atoms with Crippen molar-refractivity contribution in [3.8, 4) is 11.5 Å². The number of methoxy groups -OCH3 is 2. The minimum absolute atomic E-state index is 0.0481. The van der Waals surface area contributed by atoms with Crippen molar-refractivity contribution in [1.82, 2.24) is 13.8 Å². The standard InChI is InChI=1S/C21H22N4O3S/c1-21(2)12-17(14-6-8-18(27-3)19(11-14)28-4)22-25(21)20(26)10-13-5-7-15-16(9-13)24-29-23-15/h5-9,11H,10,12H2,1-4H3. The summed E-state index contributed by atoms with van der Waals surface area (Å²) in [7, 11) is 3.21. The third-order valence-electron chi connectivity index (χ3n) is 5.02. The molecule has 1 aromatic heterocycles. The smallest absolute Gasteiger partial charge is 0.247 e. The van der Waals surface area contributed by atoms with Crippen LogP contribution in [-0.2, 0) is 11.2 Å². The lowest BCUT2D eigenvalue weighted by Crippen LogP contribution is -2.41. The molecule has 0 aliphatic carbocycles. The maximum Gasteiger partial charge on any atom is 0.247 e. The van der Waals surface area contributed by atoms with Crippen molar-refractivity contribution in [2.24, 2.45) is 5.10 Å². The van der Waals surface area contributed by atoms with Crippen LogP contribution in [0.15, 0.2) is 41.5 Å². The minimum Gasteiger partial charge on any atom is -0.493 e. The van der Waals surface area contributed by atoms with E-state index in [0.717, 1.165) is 27.9 Å². The fraction of sp³-hybridized carbons (Fsp3) is 0.333. The molecule has 2 heterocycles. The van der Waals surface area contributed by atoms with Gasteiger partial charge in [0.1, 0.15) is 11.0 Å². The molecule has 0 atom stereocenters. The van der Waals surface area contributed by atoms with E-state index in [1.54, 1.807) is 19.2 Å². The van der Waals surface area contributed by atoms with E-state index < -0.39 is 5.54 Å². The molecule has 3 aromatic rings. The van der Waals surface area contributed by atoms with Crippen molar-refractivity contribution in [2.45, 2.75) is 32.2 Å². The number of hydrogen-bond acceptors (Lipinski definition) is 7. The zero-order chi connectivity index (χ0) is 20.6. The van der Waals surface area contributed by atoms with Crippen molar-refractivity contribution in [3.63, 3.8) is 0 Å². The van der Waals surface area contributed by atoms with Crippen molar-refractivity contribution < 1.29 is 14.3 Å². The Morgan fingerprint density at radius 3 is 2.59 bits per heavy atom. The molecule has 1 amide bonds. The van der Waals surface area contributed by atoms with Gasteiger partial charge in [0.05, 0.1) is 43.6 Å². The summed E-state index contributed by atoms with van der Waals surface area (Å²) in [5.74, 6) is 1.25. The van der Waals surface area contributed by atoms with E-state index in [1.165, 1.54) is 11.7 Å². The second kappa shape index (κ2) is 7.44. The summed E-state index contributed by atoms with van der Waals surface area (Å²) >= 11 is 1.17. The molecule has 2 aromatic carbocycles. The topological polar surface area (TPSA) is 76.9 Å². The number of carbonyl (C=O) groups is 1. The summed E-state index contributed by atoms with van der Waals surface area (Å²) < 4.78 is 19.2. The highest BCUT2D eigenvalue weighted by Gasteiger charge is 2.38. The van der Waals surface area contributed by atoms with Crippen molar-refractivity contribution >= 4 is 34.4 Å². The minimum atomic E-state index is -0.411. The lowest BCUT2D eigenvalue weighted by Gasteiger charge is -2.28. The van der Waals surface area contributed by atoms with Gasteiger partial charge in [-0.3, -0.25) is 4.79 Å². The Bertz CT molecular complexity index is 1110. The molecule has 150 valence electrons. The van der Waals surface area contributed by atoms with Crippen LogP contribution in [0.4, 0.5) is 0 Å². The quantitative estimate of drug-likeness (QED) is 0.641. The fourth-order valence-corrected chi connectivity index (χ4v) is 4.05. The first kappa shape index (κ1) is 19.3. The first-order chi connectivity index (χ1) is 13.9. The van der Waals surface area contributed by atoms with Crippen molar-refractivity contribution in [2.75, 3.05) is 14.2 Å². The summed E-state index contributed by atoms with van der Waals surface area (Å²) in [6.45, 7) is 4.05. The number of carbonyl (C=O) groups excluding carboxylic acids is 1. The van der Waals surface area contributed by atoms with E-state index in [1.807, 2.05) is 50.2 Å². The van der Waals surface area contributed by atoms with Gasteiger partial charge < -0.3 is 9.47 Å². The SMILES string of the molecule is COc1ccc(C2=NN(C(=O)Cc3ccc4nsnc4c3)C(C)(C)C2)cc1OC. The summed E-state index contributed by atoms with van der Waals surface area (Å²) in [6, 6.07) is 11.4. The van der Waals surface area contributed by atoms with Crippen LogP contribution in [0.5, 0.6) is 11.5 Å². The highest BCUT2D eigenvalue weighted by molar-refractivity contribution is 7.00. The van der Waals surface area contributed by atoms with Crippen LogP contribution >= 0.6 is 11.7 Å². The van der Waals surface area contributed by atoms with E-state index in [0.29, 0.717) is 17.9 Å². The van der Waals surface area contributed by atoms with Gasteiger partial charge in [-0.05, 0) is 49.7 Å². The van der Waals surface area contributed by atoms with Crippen LogP contribution < -0.4 is 9.47 Å². The van der Waals surface area contributed by atoms with E-state index in [9.17, 15) is 4.79 Å². The lowest BCUT2D eigenvalue weighted by atomic mass is 9.94. The normalized spacial score (nSPS) is 15.4. The van der Waals surface area contributed by atoms with Gasteiger partial charge in [0, 0.05) is 12.0 Å². The second-order valence-corrected chi connectivity index (χ2v) is 8.10. The summed E-state index contributed by atoms with van der Waals surface area (Å²) in [5.41, 5.74) is 3.92. The molecule has 0 spiro atoms. The van der Waals surface area contributed by atoms with Gasteiger partial charge in [0.25, 0.3) is 0 Å². The fourth-order valence-electron chi connectivity index (χ4n) is 3.53. The molecule has 8 heteroatoms. The van der Waals surface area contributed by atoms with Crippen molar-refractivity contribution in [1.29, 1.82) is 0 Å². The van der Waals surface area contributed by atoms with E-state index >= 15 is 0 Å². The average Bonchev–Trinajstić information content (AvgIpc) is 3.30. The molecule has 4 rings (SSSR count). The summed E-state index contributed by atoms with van der Waals surface area (Å²) in [5, 5.41) is 6.27. The molecular formula is C21H22N4O3S. The van der Waals surface area contributed by atoms with Gasteiger partial charge in [-0.25, -0.2) is 5.01 Å². The average molecular weight is 410 g/mol. The number of hydrogen-bond donors (Lipinski definition) is 0. The molecule has 0 unspecified atom stereocenters. The number of nitrogens with zero attached hydrogens (tertiary/aromatic N) is 4. The number of ether oxygens (including phenoxy) is 2. The predicted molar refractivity (Wildman–Crippen MR) is 113 cm³/mol. The maximum atomic E-state index is 13.0.